The van der Waals surface area contributed by atoms with Gasteiger partial charge in [-0.15, -0.1) is 4.48 Å². The smallest absolute Gasteiger partial charge is 0.0684 e. The van der Waals surface area contributed by atoms with E-state index in [9.17, 15) is 4.48 Å². The summed E-state index contributed by atoms with van der Waals surface area (Å²) in [7, 11) is 1.37. The van der Waals surface area contributed by atoms with Crippen molar-refractivity contribution in [2.45, 2.75) is 0 Å². The fourth-order valence-corrected chi connectivity index (χ4v) is 0.633. The number of halogens is 1. The molecule has 1 aromatic rings. The van der Waals surface area contributed by atoms with E-state index < -0.39 is 0 Å². The number of rotatable bonds is 1. The molecule has 0 atom stereocenters. The lowest BCUT2D eigenvalue weighted by atomic mass is 10.3. The lowest BCUT2D eigenvalue weighted by Gasteiger charge is -2.04. The second-order valence-corrected chi connectivity index (χ2v) is 1.81. The van der Waals surface area contributed by atoms with E-state index in [1.807, 2.05) is 6.07 Å². The Kier molecular flexibility index (Phi) is 1.68. The molecule has 0 radical (unpaired) electrons. The van der Waals surface area contributed by atoms with E-state index in [1.165, 1.54) is 7.05 Å². The average molecular weight is 125 g/mol. The molecule has 1 rings (SSSR count). The van der Waals surface area contributed by atoms with Crippen LogP contribution in [-0.2, 0) is 0 Å². The van der Waals surface area contributed by atoms with Crippen LogP contribution in [0.2, 0.25) is 0 Å². The van der Waals surface area contributed by atoms with Crippen molar-refractivity contribution in [1.82, 2.24) is 0 Å². The Bertz CT molecular complexity index is 172. The molecule has 9 heavy (non-hydrogen) atoms. The number of para-hydroxylation sites is 1. The van der Waals surface area contributed by atoms with Gasteiger partial charge in [0, 0.05) is 7.05 Å². The lowest BCUT2D eigenvalue weighted by Crippen LogP contribution is -2.00. The van der Waals surface area contributed by atoms with E-state index in [0.29, 0.717) is 10.8 Å². The number of nitrogens with zero attached hydrogens (tertiary/aromatic N) is 1. The predicted molar refractivity (Wildman–Crippen MR) is 36.0 cm³/mol. The van der Waals surface area contributed by atoms with Crippen molar-refractivity contribution >= 4 is 5.69 Å². The van der Waals surface area contributed by atoms with Crippen LogP contribution >= 0.6 is 0 Å². The highest BCUT2D eigenvalue weighted by molar-refractivity contribution is 5.41. The first-order valence-corrected chi connectivity index (χ1v) is 2.75. The second-order valence-electron chi connectivity index (χ2n) is 1.81. The zero-order chi connectivity index (χ0) is 6.69. The van der Waals surface area contributed by atoms with Gasteiger partial charge >= 0.3 is 0 Å². The Morgan fingerprint density at radius 2 is 1.78 bits per heavy atom. The molecule has 0 amide bonds. The quantitative estimate of drug-likeness (QED) is 0.519. The third-order valence-electron chi connectivity index (χ3n) is 1.11. The summed E-state index contributed by atoms with van der Waals surface area (Å²) in [4.78, 5) is 0. The van der Waals surface area contributed by atoms with Crippen molar-refractivity contribution in [3.05, 3.63) is 30.3 Å². The van der Waals surface area contributed by atoms with Gasteiger partial charge in [0.15, 0.2) is 0 Å². The summed E-state index contributed by atoms with van der Waals surface area (Å²) in [5, 5.41) is 0.583. The van der Waals surface area contributed by atoms with Crippen molar-refractivity contribution in [2.24, 2.45) is 0 Å². The van der Waals surface area contributed by atoms with Crippen molar-refractivity contribution in [3.8, 4) is 0 Å². The van der Waals surface area contributed by atoms with E-state index in [2.05, 4.69) is 0 Å². The molecule has 0 fully saturated rings. The van der Waals surface area contributed by atoms with Crippen LogP contribution in [0.4, 0.5) is 10.2 Å². The van der Waals surface area contributed by atoms with Crippen molar-refractivity contribution < 1.29 is 4.48 Å². The minimum Gasteiger partial charge on any atom is -0.215 e. The van der Waals surface area contributed by atoms with Gasteiger partial charge in [0.2, 0.25) is 0 Å². The molecule has 0 saturated carbocycles. The minimum atomic E-state index is 0.581. The number of benzene rings is 1. The zero-order valence-electron chi connectivity index (χ0n) is 5.21. The monoisotopic (exact) mass is 125 g/mol. The van der Waals surface area contributed by atoms with Crippen LogP contribution in [0.15, 0.2) is 30.3 Å². The summed E-state index contributed by atoms with van der Waals surface area (Å²) in [6.07, 6.45) is 0. The summed E-state index contributed by atoms with van der Waals surface area (Å²) in [6.45, 7) is 0. The fourth-order valence-electron chi connectivity index (χ4n) is 0.633. The molecule has 0 aliphatic rings. The van der Waals surface area contributed by atoms with Gasteiger partial charge in [-0.1, -0.05) is 18.2 Å². The van der Waals surface area contributed by atoms with E-state index in [-0.39, 0.29) is 0 Å². The highest BCUT2D eigenvalue weighted by Crippen LogP contribution is 2.09. The first kappa shape index (κ1) is 6.08. The molecule has 0 spiro atoms. The van der Waals surface area contributed by atoms with Crippen LogP contribution in [-0.4, -0.2) is 7.05 Å². The van der Waals surface area contributed by atoms with Gasteiger partial charge in [-0.2, -0.15) is 0 Å². The standard InChI is InChI=1S/C7H8FN/c1-9(8)7-5-3-2-4-6-7/h2-6H,1H3. The summed E-state index contributed by atoms with van der Waals surface area (Å²) in [5.74, 6) is 0. The molecule has 0 saturated heterocycles. The molecule has 0 aliphatic heterocycles. The van der Waals surface area contributed by atoms with E-state index in [4.69, 9.17) is 0 Å². The highest BCUT2D eigenvalue weighted by atomic mass is 19.2. The molecule has 0 N–H and O–H groups in total. The normalized spacial score (nSPS) is 9.11. The van der Waals surface area contributed by atoms with Gasteiger partial charge < -0.3 is 0 Å². The molecular weight excluding hydrogens is 117 g/mol. The van der Waals surface area contributed by atoms with E-state index >= 15 is 0 Å². The van der Waals surface area contributed by atoms with Crippen molar-refractivity contribution in [3.63, 3.8) is 0 Å². The fraction of sp³-hybridized carbons (Fsp3) is 0.143. The molecule has 0 aromatic heterocycles. The zero-order valence-corrected chi connectivity index (χ0v) is 5.21. The molecule has 2 heteroatoms. The van der Waals surface area contributed by atoms with Gasteiger partial charge in [-0.3, -0.25) is 0 Å². The van der Waals surface area contributed by atoms with Gasteiger partial charge in [0.1, 0.15) is 0 Å². The molecule has 48 valence electrons. The van der Waals surface area contributed by atoms with E-state index in [0.717, 1.165) is 0 Å². The SMILES string of the molecule is CN(F)c1ccccc1. The maximum absolute atomic E-state index is 12.3. The van der Waals surface area contributed by atoms with Gasteiger partial charge in [0.05, 0.1) is 5.69 Å². The average Bonchev–Trinajstić information content (AvgIpc) is 1.90. The molecule has 0 aliphatic carbocycles. The number of hydrogen-bond donors (Lipinski definition) is 0. The van der Waals surface area contributed by atoms with Crippen LogP contribution in [0.25, 0.3) is 0 Å². The largest absolute Gasteiger partial charge is 0.215 e. The molecular formula is C7H8FN. The topological polar surface area (TPSA) is 3.24 Å². The van der Waals surface area contributed by atoms with Crippen molar-refractivity contribution in [2.75, 3.05) is 12.2 Å². The lowest BCUT2D eigenvalue weighted by molar-refractivity contribution is 0.476. The van der Waals surface area contributed by atoms with Gasteiger partial charge in [-0.05, 0) is 12.1 Å². The molecule has 0 heterocycles. The van der Waals surface area contributed by atoms with Gasteiger partial charge in [-0.25, -0.2) is 5.12 Å². The second kappa shape index (κ2) is 2.49. The Labute approximate surface area is 53.7 Å². The summed E-state index contributed by atoms with van der Waals surface area (Å²) >= 11 is 0. The number of hydrogen-bond acceptors (Lipinski definition) is 1. The maximum atomic E-state index is 12.3. The number of anilines is 1. The summed E-state index contributed by atoms with van der Waals surface area (Å²) in [5.41, 5.74) is 0.581. The molecule has 1 nitrogen and oxygen atoms in total. The maximum Gasteiger partial charge on any atom is 0.0684 e. The highest BCUT2D eigenvalue weighted by Gasteiger charge is 1.92. The van der Waals surface area contributed by atoms with Crippen LogP contribution in [0.1, 0.15) is 0 Å². The Morgan fingerprint density at radius 1 is 1.22 bits per heavy atom. The van der Waals surface area contributed by atoms with Crippen LogP contribution in [0.5, 0.6) is 0 Å². The Hall–Kier alpha value is -1.05. The van der Waals surface area contributed by atoms with Gasteiger partial charge in [0.25, 0.3) is 0 Å². The molecule has 1 aromatic carbocycles. The Morgan fingerprint density at radius 3 is 2.11 bits per heavy atom. The third-order valence-corrected chi connectivity index (χ3v) is 1.11. The summed E-state index contributed by atoms with van der Waals surface area (Å²) in [6, 6.07) is 8.86. The Balaban J connectivity index is 2.85. The van der Waals surface area contributed by atoms with E-state index in [1.54, 1.807) is 24.3 Å². The molecule has 0 bridgehead atoms. The first-order valence-electron chi connectivity index (χ1n) is 2.75. The minimum absolute atomic E-state index is 0.581. The molecule has 0 unspecified atom stereocenters. The van der Waals surface area contributed by atoms with Crippen LogP contribution < -0.4 is 5.12 Å². The third kappa shape index (κ3) is 1.42. The van der Waals surface area contributed by atoms with Crippen LogP contribution in [0, 0.1) is 0 Å². The van der Waals surface area contributed by atoms with Crippen molar-refractivity contribution in [1.29, 1.82) is 0 Å². The summed E-state index contributed by atoms with van der Waals surface area (Å²) < 4.78 is 12.3. The first-order chi connectivity index (χ1) is 4.30. The van der Waals surface area contributed by atoms with Crippen LogP contribution in [0.3, 0.4) is 0 Å². The predicted octanol–water partition coefficient (Wildman–Crippen LogP) is 2.01.